The lowest BCUT2D eigenvalue weighted by Crippen LogP contribution is -2.44. The Bertz CT molecular complexity index is 238. The molecule has 0 aromatic carbocycles. The van der Waals surface area contributed by atoms with Crippen molar-refractivity contribution in [1.82, 2.24) is 10.6 Å². The zero-order chi connectivity index (χ0) is 11.4. The molecule has 5 heteroatoms. The smallest absolute Gasteiger partial charge is 0.166 e. The fourth-order valence-electron chi connectivity index (χ4n) is 2.18. The molecule has 0 radical (unpaired) electrons. The van der Waals surface area contributed by atoms with Gasteiger partial charge in [0.25, 0.3) is 0 Å². The topological polar surface area (TPSA) is 53.5 Å². The summed E-state index contributed by atoms with van der Waals surface area (Å²) in [5, 5.41) is 16.2. The highest BCUT2D eigenvalue weighted by Gasteiger charge is 2.26. The van der Waals surface area contributed by atoms with E-state index in [1.54, 1.807) is 0 Å². The molecule has 16 heavy (non-hydrogen) atoms. The maximum Gasteiger partial charge on any atom is 0.166 e. The Morgan fingerprint density at radius 3 is 2.69 bits per heavy atom. The Kier molecular flexibility index (Phi) is 4.37. The molecule has 0 spiro atoms. The Morgan fingerprint density at radius 2 is 2.06 bits per heavy atom. The zero-order valence-electron chi connectivity index (χ0n) is 9.45. The highest BCUT2D eigenvalue weighted by molar-refractivity contribution is 7.80. The molecule has 0 amide bonds. The van der Waals surface area contributed by atoms with Gasteiger partial charge in [0, 0.05) is 19.7 Å². The van der Waals surface area contributed by atoms with Crippen molar-refractivity contribution in [2.75, 3.05) is 19.7 Å². The Labute approximate surface area is 102 Å². The number of aliphatic hydroxyl groups excluding tert-OH is 1. The van der Waals surface area contributed by atoms with E-state index in [0.717, 1.165) is 45.4 Å². The summed E-state index contributed by atoms with van der Waals surface area (Å²) in [6.45, 7) is 2.56. The van der Waals surface area contributed by atoms with E-state index in [0.29, 0.717) is 17.1 Å². The molecule has 1 unspecified atom stereocenters. The predicted molar refractivity (Wildman–Crippen MR) is 66.3 cm³/mol. The number of nitrogens with one attached hydrogen (secondary N) is 2. The molecule has 3 N–H and O–H groups in total. The largest absolute Gasteiger partial charge is 0.393 e. The number of thiocarbonyl (C=S) groups is 1. The van der Waals surface area contributed by atoms with Crippen molar-refractivity contribution in [3.05, 3.63) is 0 Å². The highest BCUT2D eigenvalue weighted by Crippen LogP contribution is 2.25. The van der Waals surface area contributed by atoms with Crippen molar-refractivity contribution in [3.63, 3.8) is 0 Å². The second kappa shape index (κ2) is 5.80. The van der Waals surface area contributed by atoms with E-state index in [9.17, 15) is 0 Å². The standard InChI is InChI=1S/C11H20N2O2S/c14-9-4-8(5-9)6-12-11(16)13-7-10-2-1-3-15-10/h8-10,14H,1-7H2,(H2,12,13,16). The van der Waals surface area contributed by atoms with Gasteiger partial charge in [-0.15, -0.1) is 0 Å². The Balaban J connectivity index is 1.50. The SMILES string of the molecule is OC1CC(CNC(=S)NCC2CCCO2)C1. The van der Waals surface area contributed by atoms with Crippen LogP contribution in [0.4, 0.5) is 0 Å². The van der Waals surface area contributed by atoms with Gasteiger partial charge in [-0.2, -0.15) is 0 Å². The van der Waals surface area contributed by atoms with E-state index in [4.69, 9.17) is 22.1 Å². The van der Waals surface area contributed by atoms with Gasteiger partial charge in [-0.25, -0.2) is 0 Å². The molecule has 0 aromatic heterocycles. The van der Waals surface area contributed by atoms with Gasteiger partial charge in [-0.3, -0.25) is 0 Å². The molecule has 1 atom stereocenters. The summed E-state index contributed by atoms with van der Waals surface area (Å²) in [4.78, 5) is 0. The van der Waals surface area contributed by atoms with E-state index in [2.05, 4.69) is 10.6 Å². The van der Waals surface area contributed by atoms with Crippen LogP contribution in [0.1, 0.15) is 25.7 Å². The molecule has 1 aliphatic heterocycles. The summed E-state index contributed by atoms with van der Waals surface area (Å²) < 4.78 is 5.49. The molecule has 0 bridgehead atoms. The summed E-state index contributed by atoms with van der Waals surface area (Å²) in [7, 11) is 0. The molecule has 1 heterocycles. The van der Waals surface area contributed by atoms with E-state index in [-0.39, 0.29) is 6.10 Å². The number of aliphatic hydroxyl groups is 1. The zero-order valence-corrected chi connectivity index (χ0v) is 10.3. The minimum atomic E-state index is -0.0831. The lowest BCUT2D eigenvalue weighted by Gasteiger charge is -2.31. The van der Waals surface area contributed by atoms with Gasteiger partial charge < -0.3 is 20.5 Å². The number of hydrogen-bond donors (Lipinski definition) is 3. The van der Waals surface area contributed by atoms with Crippen LogP contribution in [0, 0.1) is 5.92 Å². The van der Waals surface area contributed by atoms with Crippen LogP contribution in [0.2, 0.25) is 0 Å². The van der Waals surface area contributed by atoms with E-state index < -0.39 is 0 Å². The summed E-state index contributed by atoms with van der Waals surface area (Å²) in [5.41, 5.74) is 0. The van der Waals surface area contributed by atoms with Gasteiger partial charge >= 0.3 is 0 Å². The van der Waals surface area contributed by atoms with Crippen LogP contribution in [-0.4, -0.2) is 42.1 Å². The normalized spacial score (nSPS) is 33.2. The Hall–Kier alpha value is -0.390. The van der Waals surface area contributed by atoms with Crippen LogP contribution in [0.25, 0.3) is 0 Å². The first-order chi connectivity index (χ1) is 7.74. The van der Waals surface area contributed by atoms with Crippen LogP contribution in [0.15, 0.2) is 0 Å². The number of ether oxygens (including phenoxy) is 1. The fraction of sp³-hybridized carbons (Fsp3) is 0.909. The lowest BCUT2D eigenvalue weighted by atomic mass is 9.82. The molecule has 0 aromatic rings. The molecule has 92 valence electrons. The van der Waals surface area contributed by atoms with Gasteiger partial charge in [-0.1, -0.05) is 0 Å². The molecule has 2 fully saturated rings. The molecule has 1 aliphatic carbocycles. The number of hydrogen-bond acceptors (Lipinski definition) is 3. The third-order valence-corrected chi connectivity index (χ3v) is 3.57. The molecule has 1 saturated carbocycles. The summed E-state index contributed by atoms with van der Waals surface area (Å²) in [6.07, 6.45) is 4.34. The fourth-order valence-corrected chi connectivity index (χ4v) is 2.35. The predicted octanol–water partition coefficient (Wildman–Crippen LogP) is 0.400. The molecule has 4 nitrogen and oxygen atoms in total. The molecule has 1 saturated heterocycles. The maximum absolute atomic E-state index is 9.14. The van der Waals surface area contributed by atoms with Gasteiger partial charge in [0.05, 0.1) is 12.2 Å². The Morgan fingerprint density at radius 1 is 1.31 bits per heavy atom. The van der Waals surface area contributed by atoms with Crippen LogP contribution >= 0.6 is 12.2 Å². The third-order valence-electron chi connectivity index (χ3n) is 3.28. The monoisotopic (exact) mass is 244 g/mol. The minimum Gasteiger partial charge on any atom is -0.393 e. The second-order valence-electron chi connectivity index (χ2n) is 4.72. The van der Waals surface area contributed by atoms with Crippen LogP contribution in [0.5, 0.6) is 0 Å². The number of rotatable bonds is 4. The highest BCUT2D eigenvalue weighted by atomic mass is 32.1. The second-order valence-corrected chi connectivity index (χ2v) is 5.13. The third kappa shape index (κ3) is 3.57. The summed E-state index contributed by atoms with van der Waals surface area (Å²) in [6, 6.07) is 0. The van der Waals surface area contributed by atoms with Crippen LogP contribution in [0.3, 0.4) is 0 Å². The van der Waals surface area contributed by atoms with E-state index >= 15 is 0 Å². The summed E-state index contributed by atoms with van der Waals surface area (Å²) in [5.74, 6) is 0.581. The summed E-state index contributed by atoms with van der Waals surface area (Å²) >= 11 is 5.17. The van der Waals surface area contributed by atoms with Crippen molar-refractivity contribution in [2.24, 2.45) is 5.92 Å². The van der Waals surface area contributed by atoms with E-state index in [1.807, 2.05) is 0 Å². The van der Waals surface area contributed by atoms with Crippen LogP contribution < -0.4 is 10.6 Å². The van der Waals surface area contributed by atoms with Crippen LogP contribution in [-0.2, 0) is 4.74 Å². The van der Waals surface area contributed by atoms with Crippen molar-refractivity contribution in [3.8, 4) is 0 Å². The average molecular weight is 244 g/mol. The molecular weight excluding hydrogens is 224 g/mol. The van der Waals surface area contributed by atoms with Gasteiger partial charge in [0.1, 0.15) is 0 Å². The quantitative estimate of drug-likeness (QED) is 0.625. The maximum atomic E-state index is 9.14. The van der Waals surface area contributed by atoms with Gasteiger partial charge in [0.15, 0.2) is 5.11 Å². The molecular formula is C11H20N2O2S. The first-order valence-corrected chi connectivity index (χ1v) is 6.46. The van der Waals surface area contributed by atoms with Crippen molar-refractivity contribution in [1.29, 1.82) is 0 Å². The van der Waals surface area contributed by atoms with Gasteiger partial charge in [-0.05, 0) is 43.8 Å². The van der Waals surface area contributed by atoms with E-state index in [1.165, 1.54) is 0 Å². The average Bonchev–Trinajstić information content (AvgIpc) is 2.72. The van der Waals surface area contributed by atoms with Crippen molar-refractivity contribution < 1.29 is 9.84 Å². The molecule has 2 rings (SSSR count). The first-order valence-electron chi connectivity index (χ1n) is 6.05. The first kappa shape index (κ1) is 12.1. The lowest BCUT2D eigenvalue weighted by molar-refractivity contribution is 0.0450. The minimum absolute atomic E-state index is 0.0831. The van der Waals surface area contributed by atoms with Gasteiger partial charge in [0.2, 0.25) is 0 Å². The molecule has 2 aliphatic rings. The van der Waals surface area contributed by atoms with Crippen molar-refractivity contribution in [2.45, 2.75) is 37.9 Å². The van der Waals surface area contributed by atoms with Crippen molar-refractivity contribution >= 4 is 17.3 Å².